The molecule has 1 N–H and O–H groups in total. The van der Waals surface area contributed by atoms with Crippen molar-refractivity contribution >= 4 is 27.5 Å². The molecule has 114 valence electrons. The summed E-state index contributed by atoms with van der Waals surface area (Å²) >= 11 is 0. The number of halogens is 1. The molecular weight excluding hydrogens is 289 g/mol. The lowest BCUT2D eigenvalue weighted by molar-refractivity contribution is 0.629. The lowest BCUT2D eigenvalue weighted by Crippen LogP contribution is -2.07. The van der Waals surface area contributed by atoms with Gasteiger partial charge in [0.2, 0.25) is 0 Å². The molecule has 1 aromatic heterocycles. The van der Waals surface area contributed by atoms with Gasteiger partial charge in [-0.05, 0) is 41.1 Å². The molecular formula is C19H16FN3. The second-order valence-corrected chi connectivity index (χ2v) is 5.89. The molecule has 0 radical (unpaired) electrons. The average molecular weight is 305 g/mol. The first-order valence-electron chi connectivity index (χ1n) is 7.47. The molecule has 3 aromatic carbocycles. The Labute approximate surface area is 133 Å². The van der Waals surface area contributed by atoms with Crippen LogP contribution in [0.15, 0.2) is 54.6 Å². The van der Waals surface area contributed by atoms with Gasteiger partial charge in [-0.2, -0.15) is 0 Å². The van der Waals surface area contributed by atoms with Crippen LogP contribution < -0.4 is 4.90 Å². The minimum Gasteiger partial charge on any atom is -0.378 e. The van der Waals surface area contributed by atoms with Crippen LogP contribution in [0.3, 0.4) is 0 Å². The van der Waals surface area contributed by atoms with Crippen molar-refractivity contribution in [1.29, 1.82) is 0 Å². The van der Waals surface area contributed by atoms with Crippen molar-refractivity contribution in [1.82, 2.24) is 9.97 Å². The quantitative estimate of drug-likeness (QED) is 0.587. The molecule has 0 bridgehead atoms. The fraction of sp³-hybridized carbons (Fsp3) is 0.105. The van der Waals surface area contributed by atoms with E-state index < -0.39 is 0 Å². The van der Waals surface area contributed by atoms with Gasteiger partial charge in [-0.15, -0.1) is 0 Å². The second kappa shape index (κ2) is 5.09. The van der Waals surface area contributed by atoms with Gasteiger partial charge in [-0.3, -0.25) is 0 Å². The van der Waals surface area contributed by atoms with E-state index in [0.29, 0.717) is 5.52 Å². The molecule has 0 spiro atoms. The van der Waals surface area contributed by atoms with Crippen LogP contribution in [-0.4, -0.2) is 24.1 Å². The Kier molecular flexibility index (Phi) is 3.05. The Morgan fingerprint density at radius 2 is 1.70 bits per heavy atom. The number of nitrogens with one attached hydrogen (secondary N) is 1. The average Bonchev–Trinajstić information content (AvgIpc) is 2.96. The summed E-state index contributed by atoms with van der Waals surface area (Å²) in [5.74, 6) is 0.481. The van der Waals surface area contributed by atoms with Crippen LogP contribution in [0.25, 0.3) is 33.2 Å². The van der Waals surface area contributed by atoms with E-state index in [1.165, 1.54) is 23.2 Å². The number of nitrogens with zero attached hydrogens (tertiary/aromatic N) is 2. The molecule has 0 amide bonds. The maximum absolute atomic E-state index is 13.3. The molecule has 0 unspecified atom stereocenters. The van der Waals surface area contributed by atoms with Gasteiger partial charge in [-0.1, -0.05) is 18.2 Å². The zero-order valence-corrected chi connectivity index (χ0v) is 13.0. The summed E-state index contributed by atoms with van der Waals surface area (Å²) in [4.78, 5) is 9.82. The van der Waals surface area contributed by atoms with E-state index in [9.17, 15) is 4.39 Å². The Bertz CT molecular complexity index is 1020. The van der Waals surface area contributed by atoms with Crippen molar-refractivity contribution in [2.24, 2.45) is 0 Å². The number of H-pyrrole nitrogens is 1. The Balaban J connectivity index is 1.82. The number of aromatic nitrogens is 2. The van der Waals surface area contributed by atoms with E-state index in [1.54, 1.807) is 6.07 Å². The normalized spacial score (nSPS) is 11.3. The third kappa shape index (κ3) is 2.42. The molecule has 0 saturated heterocycles. The van der Waals surface area contributed by atoms with Gasteiger partial charge < -0.3 is 9.88 Å². The van der Waals surface area contributed by atoms with Crippen molar-refractivity contribution in [3.8, 4) is 11.4 Å². The molecule has 0 aliphatic carbocycles. The van der Waals surface area contributed by atoms with Gasteiger partial charge >= 0.3 is 0 Å². The largest absolute Gasteiger partial charge is 0.378 e. The third-order valence-electron chi connectivity index (χ3n) is 4.06. The van der Waals surface area contributed by atoms with E-state index >= 15 is 0 Å². The van der Waals surface area contributed by atoms with E-state index in [-0.39, 0.29) is 5.82 Å². The molecule has 0 saturated carbocycles. The summed E-state index contributed by atoms with van der Waals surface area (Å²) in [7, 11) is 4.06. The zero-order chi connectivity index (χ0) is 16.0. The highest BCUT2D eigenvalue weighted by Gasteiger charge is 2.07. The predicted molar refractivity (Wildman–Crippen MR) is 93.3 cm³/mol. The summed E-state index contributed by atoms with van der Waals surface area (Å²) in [5, 5.41) is 2.34. The molecule has 0 aliphatic heterocycles. The molecule has 1 heterocycles. The summed E-state index contributed by atoms with van der Waals surface area (Å²) in [6, 6.07) is 17.2. The number of aromatic amines is 1. The molecule has 4 heteroatoms. The zero-order valence-electron chi connectivity index (χ0n) is 13.0. The van der Waals surface area contributed by atoms with Crippen LogP contribution in [0.5, 0.6) is 0 Å². The third-order valence-corrected chi connectivity index (χ3v) is 4.06. The van der Waals surface area contributed by atoms with E-state index in [4.69, 9.17) is 0 Å². The molecule has 3 nitrogen and oxygen atoms in total. The van der Waals surface area contributed by atoms with Crippen molar-refractivity contribution in [3.05, 3.63) is 60.4 Å². The van der Waals surface area contributed by atoms with E-state index in [1.807, 2.05) is 20.2 Å². The summed E-state index contributed by atoms with van der Waals surface area (Å²) in [6.45, 7) is 0. The van der Waals surface area contributed by atoms with Gasteiger partial charge in [0, 0.05) is 31.4 Å². The van der Waals surface area contributed by atoms with Gasteiger partial charge in [0.15, 0.2) is 0 Å². The fourth-order valence-corrected chi connectivity index (χ4v) is 2.77. The highest BCUT2D eigenvalue weighted by atomic mass is 19.1. The van der Waals surface area contributed by atoms with Crippen LogP contribution in [0.2, 0.25) is 0 Å². The highest BCUT2D eigenvalue weighted by Crippen LogP contribution is 2.27. The molecule has 0 atom stereocenters. The minimum atomic E-state index is -0.273. The van der Waals surface area contributed by atoms with Gasteiger partial charge in [0.05, 0.1) is 11.0 Å². The molecule has 23 heavy (non-hydrogen) atoms. The molecule has 0 aliphatic rings. The first-order valence-corrected chi connectivity index (χ1v) is 7.47. The summed E-state index contributed by atoms with van der Waals surface area (Å²) in [6.07, 6.45) is 0. The molecule has 4 rings (SSSR count). The van der Waals surface area contributed by atoms with Crippen molar-refractivity contribution in [2.45, 2.75) is 0 Å². The first kappa shape index (κ1) is 13.8. The topological polar surface area (TPSA) is 31.9 Å². The van der Waals surface area contributed by atoms with Crippen molar-refractivity contribution in [3.63, 3.8) is 0 Å². The first-order chi connectivity index (χ1) is 11.1. The molecule has 0 fully saturated rings. The molecule has 4 aromatic rings. The van der Waals surface area contributed by atoms with Gasteiger partial charge in [0.25, 0.3) is 0 Å². The Hall–Kier alpha value is -2.88. The van der Waals surface area contributed by atoms with E-state index in [2.05, 4.69) is 45.2 Å². The lowest BCUT2D eigenvalue weighted by atomic mass is 10.1. The maximum Gasteiger partial charge on any atom is 0.138 e. The fourth-order valence-electron chi connectivity index (χ4n) is 2.77. The van der Waals surface area contributed by atoms with Crippen LogP contribution in [0.4, 0.5) is 10.1 Å². The van der Waals surface area contributed by atoms with Gasteiger partial charge in [0.1, 0.15) is 11.6 Å². The van der Waals surface area contributed by atoms with Crippen LogP contribution in [-0.2, 0) is 0 Å². The maximum atomic E-state index is 13.3. The van der Waals surface area contributed by atoms with Gasteiger partial charge in [-0.25, -0.2) is 9.37 Å². The SMILES string of the molecule is CN(C)c1ccc2cc(-c3nc4cc(F)ccc4[nH]3)ccc2c1. The number of anilines is 1. The van der Waals surface area contributed by atoms with Crippen LogP contribution in [0, 0.1) is 5.82 Å². The monoisotopic (exact) mass is 305 g/mol. The Morgan fingerprint density at radius 3 is 2.52 bits per heavy atom. The van der Waals surface area contributed by atoms with Crippen molar-refractivity contribution in [2.75, 3.05) is 19.0 Å². The number of hydrogen-bond acceptors (Lipinski definition) is 2. The van der Waals surface area contributed by atoms with Crippen LogP contribution >= 0.6 is 0 Å². The summed E-state index contributed by atoms with van der Waals surface area (Å²) in [5.41, 5.74) is 3.64. The number of rotatable bonds is 2. The number of fused-ring (bicyclic) bond motifs is 2. The Morgan fingerprint density at radius 1 is 0.913 bits per heavy atom. The number of imidazole rings is 1. The lowest BCUT2D eigenvalue weighted by Gasteiger charge is -2.13. The predicted octanol–water partition coefficient (Wildman–Crippen LogP) is 4.59. The van der Waals surface area contributed by atoms with Crippen molar-refractivity contribution < 1.29 is 4.39 Å². The highest BCUT2D eigenvalue weighted by molar-refractivity contribution is 5.90. The summed E-state index contributed by atoms with van der Waals surface area (Å²) < 4.78 is 13.3. The number of benzene rings is 3. The second-order valence-electron chi connectivity index (χ2n) is 5.89. The van der Waals surface area contributed by atoms with E-state index in [0.717, 1.165) is 22.3 Å². The minimum absolute atomic E-state index is 0.273. The van der Waals surface area contributed by atoms with Crippen LogP contribution in [0.1, 0.15) is 0 Å². The number of hydrogen-bond donors (Lipinski definition) is 1. The standard InChI is InChI=1S/C19H16FN3/c1-23(2)16-7-5-12-9-14(4-3-13(12)10-16)19-21-17-8-6-15(20)11-18(17)22-19/h3-11H,1-2H3,(H,21,22). The smallest absolute Gasteiger partial charge is 0.138 e.